The molecule has 1 N–H and O–H groups in total. The van der Waals surface area contributed by atoms with Gasteiger partial charge in [0.25, 0.3) is 5.69 Å². The number of thiophene rings is 1. The second-order valence-electron chi connectivity index (χ2n) is 4.47. The standard InChI is InChI=1S/C14H15NO3S2/c1-9-5-3-4-6-11(9)8-19-14-12(15(17)18)7-13(20-14)10(2)16/h3-7,10,16H,8H2,1-2H3/t10-/m0/s1. The lowest BCUT2D eigenvalue weighted by Crippen LogP contribution is -1.88. The second-order valence-corrected chi connectivity index (χ2v) is 6.80. The number of hydrogen-bond acceptors (Lipinski definition) is 5. The second kappa shape index (κ2) is 6.39. The van der Waals surface area contributed by atoms with Crippen molar-refractivity contribution in [3.63, 3.8) is 0 Å². The number of rotatable bonds is 5. The molecule has 0 radical (unpaired) electrons. The minimum atomic E-state index is -0.675. The molecule has 0 aliphatic rings. The fraction of sp³-hybridized carbons (Fsp3) is 0.286. The Kier molecular flexibility index (Phi) is 4.80. The first-order valence-electron chi connectivity index (χ1n) is 6.12. The Labute approximate surface area is 125 Å². The maximum atomic E-state index is 11.1. The van der Waals surface area contributed by atoms with Crippen LogP contribution in [-0.2, 0) is 5.75 Å². The Hall–Kier alpha value is -1.37. The van der Waals surface area contributed by atoms with Crippen molar-refractivity contribution < 1.29 is 10.0 Å². The van der Waals surface area contributed by atoms with Crippen LogP contribution in [-0.4, -0.2) is 10.0 Å². The van der Waals surface area contributed by atoms with Crippen molar-refractivity contribution in [3.8, 4) is 0 Å². The Balaban J connectivity index is 2.20. The number of benzene rings is 1. The lowest BCUT2D eigenvalue weighted by molar-refractivity contribution is -0.387. The van der Waals surface area contributed by atoms with Crippen molar-refractivity contribution >= 4 is 28.8 Å². The van der Waals surface area contributed by atoms with Gasteiger partial charge in [-0.1, -0.05) is 24.3 Å². The minimum Gasteiger partial charge on any atom is -0.388 e. The van der Waals surface area contributed by atoms with Gasteiger partial charge >= 0.3 is 0 Å². The van der Waals surface area contributed by atoms with E-state index in [0.717, 1.165) is 0 Å². The van der Waals surface area contributed by atoms with E-state index >= 15 is 0 Å². The van der Waals surface area contributed by atoms with Crippen LogP contribution in [0.25, 0.3) is 0 Å². The van der Waals surface area contributed by atoms with E-state index in [0.29, 0.717) is 14.8 Å². The lowest BCUT2D eigenvalue weighted by Gasteiger charge is -2.03. The number of nitro groups is 1. The van der Waals surface area contributed by atoms with Gasteiger partial charge in [0.05, 0.1) is 11.0 Å². The highest BCUT2D eigenvalue weighted by Crippen LogP contribution is 2.41. The third kappa shape index (κ3) is 3.39. The van der Waals surface area contributed by atoms with Gasteiger partial charge in [0.2, 0.25) is 0 Å². The lowest BCUT2D eigenvalue weighted by atomic mass is 10.1. The number of aliphatic hydroxyl groups excluding tert-OH is 1. The first-order valence-corrected chi connectivity index (χ1v) is 7.92. The summed E-state index contributed by atoms with van der Waals surface area (Å²) in [5.74, 6) is 0.688. The zero-order valence-corrected chi connectivity index (χ0v) is 12.8. The van der Waals surface area contributed by atoms with Crippen molar-refractivity contribution in [1.82, 2.24) is 0 Å². The van der Waals surface area contributed by atoms with E-state index in [1.165, 1.54) is 40.3 Å². The Morgan fingerprint density at radius 1 is 1.45 bits per heavy atom. The van der Waals surface area contributed by atoms with Crippen molar-refractivity contribution in [1.29, 1.82) is 0 Å². The van der Waals surface area contributed by atoms with E-state index < -0.39 is 6.10 Å². The predicted molar refractivity (Wildman–Crippen MR) is 82.3 cm³/mol. The van der Waals surface area contributed by atoms with Gasteiger partial charge in [-0.05, 0) is 25.0 Å². The molecule has 6 heteroatoms. The molecule has 2 aromatic rings. The summed E-state index contributed by atoms with van der Waals surface area (Å²) in [7, 11) is 0. The van der Waals surface area contributed by atoms with Crippen LogP contribution in [0, 0.1) is 17.0 Å². The highest BCUT2D eigenvalue weighted by atomic mass is 32.2. The molecule has 0 saturated heterocycles. The zero-order chi connectivity index (χ0) is 14.7. The molecule has 1 heterocycles. The van der Waals surface area contributed by atoms with Crippen LogP contribution in [0.4, 0.5) is 5.69 Å². The zero-order valence-electron chi connectivity index (χ0n) is 11.2. The molecule has 4 nitrogen and oxygen atoms in total. The summed E-state index contributed by atoms with van der Waals surface area (Å²) in [5, 5.41) is 20.6. The maximum Gasteiger partial charge on any atom is 0.294 e. The molecule has 2 rings (SSSR count). The summed E-state index contributed by atoms with van der Waals surface area (Å²) in [5.41, 5.74) is 2.43. The van der Waals surface area contributed by atoms with Gasteiger partial charge in [0.15, 0.2) is 0 Å². The molecule has 1 atom stereocenters. The monoisotopic (exact) mass is 309 g/mol. The van der Waals surface area contributed by atoms with Gasteiger partial charge in [-0.25, -0.2) is 0 Å². The van der Waals surface area contributed by atoms with E-state index in [1.807, 2.05) is 31.2 Å². The summed E-state index contributed by atoms with van der Waals surface area (Å²) in [6, 6.07) is 9.46. The molecule has 20 heavy (non-hydrogen) atoms. The topological polar surface area (TPSA) is 63.4 Å². The third-order valence-corrected chi connectivity index (χ3v) is 5.55. The average molecular weight is 309 g/mol. The summed E-state index contributed by atoms with van der Waals surface area (Å²) < 4.78 is 0.647. The number of thioether (sulfide) groups is 1. The van der Waals surface area contributed by atoms with Gasteiger partial charge in [0.1, 0.15) is 4.21 Å². The Morgan fingerprint density at radius 2 is 2.15 bits per heavy atom. The van der Waals surface area contributed by atoms with Crippen LogP contribution in [0.3, 0.4) is 0 Å². The minimum absolute atomic E-state index is 0.0875. The molecule has 0 aliphatic heterocycles. The summed E-state index contributed by atoms with van der Waals surface area (Å²) in [6.07, 6.45) is -0.675. The highest BCUT2D eigenvalue weighted by Gasteiger charge is 2.21. The third-order valence-electron chi connectivity index (χ3n) is 2.93. The maximum absolute atomic E-state index is 11.1. The van der Waals surface area contributed by atoms with Crippen LogP contribution in [0.2, 0.25) is 0 Å². The van der Waals surface area contributed by atoms with Crippen LogP contribution in [0.15, 0.2) is 34.5 Å². The summed E-state index contributed by atoms with van der Waals surface area (Å²) >= 11 is 2.74. The summed E-state index contributed by atoms with van der Waals surface area (Å²) in [6.45, 7) is 3.64. The van der Waals surface area contributed by atoms with Gasteiger partial charge < -0.3 is 5.11 Å². The van der Waals surface area contributed by atoms with E-state index in [2.05, 4.69) is 0 Å². The predicted octanol–water partition coefficient (Wildman–Crippen LogP) is 4.31. The van der Waals surface area contributed by atoms with Crippen LogP contribution in [0.5, 0.6) is 0 Å². The summed E-state index contributed by atoms with van der Waals surface area (Å²) in [4.78, 5) is 11.3. The quantitative estimate of drug-likeness (QED) is 0.508. The van der Waals surface area contributed by atoms with Gasteiger partial charge in [0, 0.05) is 16.7 Å². The van der Waals surface area contributed by atoms with Crippen molar-refractivity contribution in [2.45, 2.75) is 29.9 Å². The van der Waals surface area contributed by atoms with Crippen molar-refractivity contribution in [3.05, 3.63) is 56.5 Å². The van der Waals surface area contributed by atoms with Crippen molar-refractivity contribution in [2.75, 3.05) is 0 Å². The van der Waals surface area contributed by atoms with E-state index in [-0.39, 0.29) is 10.6 Å². The average Bonchev–Trinajstić information content (AvgIpc) is 2.82. The molecule has 0 unspecified atom stereocenters. The molecular formula is C14H15NO3S2. The molecule has 1 aromatic carbocycles. The van der Waals surface area contributed by atoms with E-state index in [1.54, 1.807) is 6.92 Å². The molecule has 106 valence electrons. The van der Waals surface area contributed by atoms with E-state index in [9.17, 15) is 15.2 Å². The number of nitrogens with zero attached hydrogens (tertiary/aromatic N) is 1. The van der Waals surface area contributed by atoms with Crippen LogP contribution < -0.4 is 0 Å². The fourth-order valence-corrected chi connectivity index (χ4v) is 4.12. The first-order chi connectivity index (χ1) is 9.49. The fourth-order valence-electron chi connectivity index (χ4n) is 1.73. The smallest absolute Gasteiger partial charge is 0.294 e. The van der Waals surface area contributed by atoms with E-state index in [4.69, 9.17) is 0 Å². The first kappa shape index (κ1) is 15.0. The molecule has 0 spiro atoms. The normalized spacial score (nSPS) is 12.3. The molecule has 0 saturated carbocycles. The SMILES string of the molecule is Cc1ccccc1CSc1sc([C@H](C)O)cc1[N+](=O)[O-]. The number of hydrogen-bond donors (Lipinski definition) is 1. The molecule has 1 aromatic heterocycles. The van der Waals surface area contributed by atoms with Crippen LogP contribution in [0.1, 0.15) is 29.0 Å². The van der Waals surface area contributed by atoms with Crippen molar-refractivity contribution in [2.24, 2.45) is 0 Å². The molecule has 0 aliphatic carbocycles. The van der Waals surface area contributed by atoms with Gasteiger partial charge in [-0.3, -0.25) is 10.1 Å². The molecular weight excluding hydrogens is 294 g/mol. The molecule has 0 bridgehead atoms. The molecule has 0 fully saturated rings. The number of aliphatic hydroxyl groups is 1. The van der Waals surface area contributed by atoms with Gasteiger partial charge in [-0.15, -0.1) is 23.1 Å². The van der Waals surface area contributed by atoms with Gasteiger partial charge in [-0.2, -0.15) is 0 Å². The Bertz CT molecular complexity index is 623. The largest absolute Gasteiger partial charge is 0.388 e. The Morgan fingerprint density at radius 3 is 2.75 bits per heavy atom. The van der Waals surface area contributed by atoms with Crippen LogP contribution >= 0.6 is 23.1 Å². The molecule has 0 amide bonds. The number of aryl methyl sites for hydroxylation is 1. The highest BCUT2D eigenvalue weighted by molar-refractivity contribution is 8.00.